The van der Waals surface area contributed by atoms with Gasteiger partial charge in [0, 0.05) is 37.8 Å². The minimum absolute atomic E-state index is 0.00558. The second kappa shape index (κ2) is 6.75. The molecule has 22 heavy (non-hydrogen) atoms. The van der Waals surface area contributed by atoms with Gasteiger partial charge >= 0.3 is 0 Å². The molecular weight excluding hydrogens is 300 g/mol. The predicted molar refractivity (Wildman–Crippen MR) is 87.0 cm³/mol. The van der Waals surface area contributed by atoms with Crippen molar-refractivity contribution in [1.82, 2.24) is 14.9 Å². The van der Waals surface area contributed by atoms with Crippen molar-refractivity contribution in [3.63, 3.8) is 0 Å². The first-order valence-corrected chi connectivity index (χ1v) is 7.77. The van der Waals surface area contributed by atoms with E-state index in [1.807, 2.05) is 36.4 Å². The first kappa shape index (κ1) is 14.8. The molecule has 1 fully saturated rings. The zero-order chi connectivity index (χ0) is 15.4. The van der Waals surface area contributed by atoms with E-state index >= 15 is 0 Å². The van der Waals surface area contributed by atoms with Crippen molar-refractivity contribution >= 4 is 23.3 Å². The molecule has 1 aromatic carbocycles. The third-order valence-electron chi connectivity index (χ3n) is 3.79. The lowest BCUT2D eigenvalue weighted by Crippen LogP contribution is -2.49. The smallest absolute Gasteiger partial charge is 0.237 e. The fourth-order valence-electron chi connectivity index (χ4n) is 2.56. The van der Waals surface area contributed by atoms with E-state index in [2.05, 4.69) is 14.9 Å². The van der Waals surface area contributed by atoms with Gasteiger partial charge in [0.2, 0.25) is 5.91 Å². The van der Waals surface area contributed by atoms with Crippen molar-refractivity contribution in [2.45, 2.75) is 0 Å². The topological polar surface area (TPSA) is 49.3 Å². The number of benzene rings is 1. The molecule has 114 valence electrons. The summed E-state index contributed by atoms with van der Waals surface area (Å²) in [6.07, 6.45) is 1.59. The molecule has 1 aliphatic heterocycles. The summed E-state index contributed by atoms with van der Waals surface area (Å²) in [4.78, 5) is 24.3. The molecule has 0 unspecified atom stereocenters. The van der Waals surface area contributed by atoms with E-state index in [-0.39, 0.29) is 11.8 Å². The number of amides is 1. The first-order chi connectivity index (χ1) is 10.8. The van der Waals surface area contributed by atoms with Gasteiger partial charge in [-0.2, -0.15) is 0 Å². The molecule has 1 aliphatic rings. The molecule has 6 heteroatoms. The normalized spacial score (nSPS) is 15.0. The maximum atomic E-state index is 11.6. The van der Waals surface area contributed by atoms with Crippen molar-refractivity contribution in [2.24, 2.45) is 0 Å². The molecule has 1 aromatic heterocycles. The molecule has 5 nitrogen and oxygen atoms in total. The third kappa shape index (κ3) is 3.20. The maximum Gasteiger partial charge on any atom is 0.237 e. The molecule has 0 radical (unpaired) electrons. The SMILES string of the molecule is O=C(CCl)N1CCN(c2cc(-c3ccccc3)ncn2)CC1. The van der Waals surface area contributed by atoms with Gasteiger partial charge in [0.1, 0.15) is 18.0 Å². The highest BCUT2D eigenvalue weighted by Crippen LogP contribution is 2.21. The van der Waals surface area contributed by atoms with Crippen molar-refractivity contribution in [3.05, 3.63) is 42.7 Å². The summed E-state index contributed by atoms with van der Waals surface area (Å²) in [6, 6.07) is 12.0. The van der Waals surface area contributed by atoms with Crippen LogP contribution in [0.5, 0.6) is 0 Å². The standard InChI is InChI=1S/C16H17ClN4O/c17-11-16(22)21-8-6-20(7-9-21)15-10-14(18-12-19-15)13-4-2-1-3-5-13/h1-5,10,12H,6-9,11H2. The fraction of sp³-hybridized carbons (Fsp3) is 0.312. The lowest BCUT2D eigenvalue weighted by Gasteiger charge is -2.35. The molecule has 1 saturated heterocycles. The number of hydrogen-bond donors (Lipinski definition) is 0. The summed E-state index contributed by atoms with van der Waals surface area (Å²) in [6.45, 7) is 2.87. The van der Waals surface area contributed by atoms with Gasteiger partial charge in [-0.05, 0) is 0 Å². The molecule has 2 aromatic rings. The van der Waals surface area contributed by atoms with Crippen LogP contribution in [0.25, 0.3) is 11.3 Å². The number of piperazine rings is 1. The van der Waals surface area contributed by atoms with E-state index in [0.29, 0.717) is 13.1 Å². The molecule has 0 saturated carbocycles. The highest BCUT2D eigenvalue weighted by molar-refractivity contribution is 6.27. The van der Waals surface area contributed by atoms with Crippen LogP contribution < -0.4 is 4.90 Å². The average Bonchev–Trinajstić information content (AvgIpc) is 2.62. The monoisotopic (exact) mass is 316 g/mol. The van der Waals surface area contributed by atoms with Crippen LogP contribution in [0.1, 0.15) is 0 Å². The predicted octanol–water partition coefficient (Wildman–Crippen LogP) is 2.03. The van der Waals surface area contributed by atoms with Crippen LogP contribution in [0.3, 0.4) is 0 Å². The summed E-state index contributed by atoms with van der Waals surface area (Å²) >= 11 is 5.60. The van der Waals surface area contributed by atoms with Crippen molar-refractivity contribution < 1.29 is 4.79 Å². The van der Waals surface area contributed by atoms with E-state index in [4.69, 9.17) is 11.6 Å². The quantitative estimate of drug-likeness (QED) is 0.813. The van der Waals surface area contributed by atoms with Gasteiger partial charge in [-0.3, -0.25) is 4.79 Å². The molecule has 3 rings (SSSR count). The fourth-order valence-corrected chi connectivity index (χ4v) is 2.73. The largest absolute Gasteiger partial charge is 0.353 e. The Kier molecular flexibility index (Phi) is 4.53. The van der Waals surface area contributed by atoms with Crippen molar-refractivity contribution in [3.8, 4) is 11.3 Å². The molecule has 0 spiro atoms. The molecule has 0 bridgehead atoms. The van der Waals surface area contributed by atoms with Gasteiger partial charge in [0.15, 0.2) is 0 Å². The van der Waals surface area contributed by atoms with Crippen LogP contribution in [0, 0.1) is 0 Å². The zero-order valence-corrected chi connectivity index (χ0v) is 12.9. The lowest BCUT2D eigenvalue weighted by atomic mass is 10.1. The van der Waals surface area contributed by atoms with Crippen molar-refractivity contribution in [2.75, 3.05) is 37.0 Å². The third-order valence-corrected chi connectivity index (χ3v) is 4.02. The first-order valence-electron chi connectivity index (χ1n) is 7.24. The number of hydrogen-bond acceptors (Lipinski definition) is 4. The molecule has 0 aliphatic carbocycles. The Morgan fingerprint density at radius 1 is 1.09 bits per heavy atom. The van der Waals surface area contributed by atoms with E-state index in [0.717, 1.165) is 30.2 Å². The van der Waals surface area contributed by atoms with E-state index in [1.54, 1.807) is 11.2 Å². The summed E-state index contributed by atoms with van der Waals surface area (Å²) in [7, 11) is 0. The minimum Gasteiger partial charge on any atom is -0.353 e. The number of carbonyl (C=O) groups is 1. The van der Waals surface area contributed by atoms with Crippen LogP contribution in [0.15, 0.2) is 42.7 Å². The highest BCUT2D eigenvalue weighted by Gasteiger charge is 2.21. The summed E-state index contributed by atoms with van der Waals surface area (Å²) < 4.78 is 0. The maximum absolute atomic E-state index is 11.6. The second-order valence-electron chi connectivity index (χ2n) is 5.13. The minimum atomic E-state index is -0.00558. The van der Waals surface area contributed by atoms with Crippen LogP contribution in [-0.2, 0) is 4.79 Å². The number of anilines is 1. The number of alkyl halides is 1. The van der Waals surface area contributed by atoms with Gasteiger partial charge in [-0.1, -0.05) is 30.3 Å². The molecular formula is C16H17ClN4O. The van der Waals surface area contributed by atoms with Crippen LogP contribution >= 0.6 is 11.6 Å². The Hall–Kier alpha value is -2.14. The molecule has 2 heterocycles. The van der Waals surface area contributed by atoms with Gasteiger partial charge in [-0.15, -0.1) is 11.6 Å². The van der Waals surface area contributed by atoms with E-state index in [1.165, 1.54) is 0 Å². The van der Waals surface area contributed by atoms with Gasteiger partial charge < -0.3 is 9.80 Å². The Morgan fingerprint density at radius 2 is 1.82 bits per heavy atom. The lowest BCUT2D eigenvalue weighted by molar-refractivity contribution is -0.128. The molecule has 1 amide bonds. The number of carbonyl (C=O) groups excluding carboxylic acids is 1. The number of nitrogens with zero attached hydrogens (tertiary/aromatic N) is 4. The van der Waals surface area contributed by atoms with Crippen LogP contribution in [0.4, 0.5) is 5.82 Å². The number of halogens is 1. The van der Waals surface area contributed by atoms with Crippen LogP contribution in [0.2, 0.25) is 0 Å². The summed E-state index contributed by atoms with van der Waals surface area (Å²) in [5.41, 5.74) is 1.98. The van der Waals surface area contributed by atoms with Gasteiger partial charge in [0.25, 0.3) is 0 Å². The second-order valence-corrected chi connectivity index (χ2v) is 5.40. The Labute approximate surface area is 134 Å². The average molecular weight is 317 g/mol. The van der Waals surface area contributed by atoms with E-state index < -0.39 is 0 Å². The molecule has 0 atom stereocenters. The van der Waals surface area contributed by atoms with Crippen molar-refractivity contribution in [1.29, 1.82) is 0 Å². The number of rotatable bonds is 3. The molecule has 0 N–H and O–H groups in total. The Morgan fingerprint density at radius 3 is 2.50 bits per heavy atom. The van der Waals surface area contributed by atoms with Crippen LogP contribution in [-0.4, -0.2) is 52.8 Å². The summed E-state index contributed by atoms with van der Waals surface area (Å²) in [5.74, 6) is 0.937. The van der Waals surface area contributed by atoms with Gasteiger partial charge in [0.05, 0.1) is 5.69 Å². The Balaban J connectivity index is 1.73. The highest BCUT2D eigenvalue weighted by atomic mass is 35.5. The number of aromatic nitrogens is 2. The Bertz CT molecular complexity index is 642. The van der Waals surface area contributed by atoms with E-state index in [9.17, 15) is 4.79 Å². The zero-order valence-electron chi connectivity index (χ0n) is 12.2. The summed E-state index contributed by atoms with van der Waals surface area (Å²) in [5, 5.41) is 0. The van der Waals surface area contributed by atoms with Gasteiger partial charge in [-0.25, -0.2) is 9.97 Å².